The number of carbonyl (C=O) groups excluding carboxylic acids is 2. The van der Waals surface area contributed by atoms with Gasteiger partial charge in [0.25, 0.3) is 0 Å². The molecule has 4 unspecified atom stereocenters. The molecular weight excluding hydrogens is 483 g/mol. The van der Waals surface area contributed by atoms with Crippen LogP contribution in [0, 0.1) is 23.7 Å². The number of rotatable bonds is 7. The Hall–Kier alpha value is -1.91. The highest BCUT2D eigenvalue weighted by molar-refractivity contribution is 14.0. The number of hydrogen-bond donors (Lipinski definition) is 2. The van der Waals surface area contributed by atoms with Gasteiger partial charge in [-0.2, -0.15) is 5.10 Å². The van der Waals surface area contributed by atoms with Crippen molar-refractivity contribution in [1.82, 2.24) is 25.3 Å². The Labute approximate surface area is 188 Å². The van der Waals surface area contributed by atoms with Gasteiger partial charge in [0.15, 0.2) is 5.96 Å². The first kappa shape index (κ1) is 21.8. The van der Waals surface area contributed by atoms with Crippen molar-refractivity contribution >= 4 is 41.8 Å². The molecule has 1 aromatic rings. The van der Waals surface area contributed by atoms with E-state index in [1.165, 1.54) is 4.90 Å². The monoisotopic (exact) mass is 512 g/mol. The quantitative estimate of drug-likeness (QED) is 0.187. The average molecular weight is 512 g/mol. The molecular formula is C20H29IN6O2. The van der Waals surface area contributed by atoms with Gasteiger partial charge in [0.05, 0.1) is 18.0 Å². The van der Waals surface area contributed by atoms with Crippen LogP contribution in [0.15, 0.2) is 29.5 Å². The summed E-state index contributed by atoms with van der Waals surface area (Å²) in [4.78, 5) is 31.4. The largest absolute Gasteiger partial charge is 0.357 e. The number of amides is 2. The first-order valence-electron chi connectivity index (χ1n) is 10.1. The fourth-order valence-electron chi connectivity index (χ4n) is 4.71. The van der Waals surface area contributed by atoms with Gasteiger partial charge in [-0.1, -0.05) is 12.2 Å². The SMILES string of the molecule is CCNC(=NCCc1cnn(C)c1)NCCN1C(=O)C2C3C=CC(C3)C2C1=O.I. The number of nitrogens with zero attached hydrogens (tertiary/aromatic N) is 4. The van der Waals surface area contributed by atoms with Gasteiger partial charge in [-0.25, -0.2) is 0 Å². The number of aliphatic imine (C=N–C) groups is 1. The number of allylic oxidation sites excluding steroid dienone is 2. The lowest BCUT2D eigenvalue weighted by molar-refractivity contribution is -0.140. The Bertz CT molecular complexity index is 790. The predicted octanol–water partition coefficient (Wildman–Crippen LogP) is 0.943. The van der Waals surface area contributed by atoms with Crippen molar-refractivity contribution in [3.8, 4) is 0 Å². The predicted molar refractivity (Wildman–Crippen MR) is 121 cm³/mol. The normalized spacial score (nSPS) is 27.4. The third-order valence-corrected chi connectivity index (χ3v) is 5.96. The van der Waals surface area contributed by atoms with Crippen LogP contribution in [0.25, 0.3) is 0 Å². The van der Waals surface area contributed by atoms with Crippen molar-refractivity contribution in [2.45, 2.75) is 19.8 Å². The van der Waals surface area contributed by atoms with Gasteiger partial charge in [-0.3, -0.25) is 24.2 Å². The summed E-state index contributed by atoms with van der Waals surface area (Å²) < 4.78 is 1.78. The minimum Gasteiger partial charge on any atom is -0.357 e. The summed E-state index contributed by atoms with van der Waals surface area (Å²) in [6.45, 7) is 4.28. The van der Waals surface area contributed by atoms with E-state index >= 15 is 0 Å². The minimum absolute atomic E-state index is 0. The molecule has 0 aromatic carbocycles. The Kier molecular flexibility index (Phi) is 6.97. The molecule has 8 nitrogen and oxygen atoms in total. The summed E-state index contributed by atoms with van der Waals surface area (Å²) in [5.74, 6) is 0.992. The Morgan fingerprint density at radius 3 is 2.48 bits per heavy atom. The van der Waals surface area contributed by atoms with Crippen molar-refractivity contribution in [2.24, 2.45) is 35.7 Å². The Morgan fingerprint density at radius 2 is 1.90 bits per heavy atom. The smallest absolute Gasteiger partial charge is 0.233 e. The summed E-state index contributed by atoms with van der Waals surface area (Å²) >= 11 is 0. The van der Waals surface area contributed by atoms with Crippen LogP contribution in [0.5, 0.6) is 0 Å². The zero-order valence-corrected chi connectivity index (χ0v) is 19.2. The number of imide groups is 1. The number of fused-ring (bicyclic) bond motifs is 5. The standard InChI is InChI=1S/C20H28N6O2.HI/c1-3-21-20(22-7-6-13-11-24-25(2)12-13)23-8-9-26-18(27)16-14-4-5-15(10-14)17(16)19(26)28;/h4-5,11-12,14-17H,3,6-10H2,1-2H3,(H2,21,22,23);1H. The Balaban J connectivity index is 0.00000240. The maximum Gasteiger partial charge on any atom is 0.233 e. The first-order chi connectivity index (χ1) is 13.6. The number of halogens is 1. The van der Waals surface area contributed by atoms with Crippen LogP contribution >= 0.6 is 24.0 Å². The van der Waals surface area contributed by atoms with Gasteiger partial charge in [0.1, 0.15) is 0 Å². The van der Waals surface area contributed by atoms with Crippen LogP contribution in [0.1, 0.15) is 18.9 Å². The molecule has 4 atom stereocenters. The zero-order chi connectivity index (χ0) is 19.7. The number of hydrogen-bond acceptors (Lipinski definition) is 4. The lowest BCUT2D eigenvalue weighted by atomic mass is 9.85. The van der Waals surface area contributed by atoms with Gasteiger partial charge in [0, 0.05) is 39.4 Å². The molecule has 1 aromatic heterocycles. The van der Waals surface area contributed by atoms with E-state index in [0.29, 0.717) is 25.6 Å². The number of carbonyl (C=O) groups is 2. The number of aromatic nitrogens is 2. The summed E-state index contributed by atoms with van der Waals surface area (Å²) in [7, 11) is 1.90. The third-order valence-electron chi connectivity index (χ3n) is 5.96. The third kappa shape index (κ3) is 4.34. The van der Waals surface area contributed by atoms with Gasteiger partial charge in [-0.15, -0.1) is 24.0 Å². The molecule has 0 spiro atoms. The van der Waals surface area contributed by atoms with E-state index in [2.05, 4.69) is 32.9 Å². The topological polar surface area (TPSA) is 91.6 Å². The molecule has 2 amide bonds. The van der Waals surface area contributed by atoms with E-state index in [-0.39, 0.29) is 59.5 Å². The summed E-state index contributed by atoms with van der Waals surface area (Å²) in [5.41, 5.74) is 1.14. The lowest BCUT2D eigenvalue weighted by Gasteiger charge is -2.18. The fraction of sp³-hybridized carbons (Fsp3) is 0.600. The first-order valence-corrected chi connectivity index (χ1v) is 10.1. The van der Waals surface area contributed by atoms with E-state index in [4.69, 9.17) is 0 Å². The summed E-state index contributed by atoms with van der Waals surface area (Å²) in [6, 6.07) is 0. The van der Waals surface area contributed by atoms with Crippen molar-refractivity contribution in [2.75, 3.05) is 26.2 Å². The van der Waals surface area contributed by atoms with Crippen LogP contribution in [0.2, 0.25) is 0 Å². The number of aryl methyl sites for hydroxylation is 1. The average Bonchev–Trinajstić information content (AvgIpc) is 3.43. The van der Waals surface area contributed by atoms with Crippen LogP contribution in [-0.4, -0.2) is 58.6 Å². The highest BCUT2D eigenvalue weighted by Crippen LogP contribution is 2.52. The molecule has 3 aliphatic rings. The molecule has 1 saturated heterocycles. The van der Waals surface area contributed by atoms with Crippen LogP contribution in [-0.2, 0) is 23.1 Å². The van der Waals surface area contributed by atoms with Crippen LogP contribution in [0.4, 0.5) is 0 Å². The number of guanidine groups is 1. The van der Waals surface area contributed by atoms with Crippen molar-refractivity contribution < 1.29 is 9.59 Å². The molecule has 9 heteroatoms. The van der Waals surface area contributed by atoms with Crippen LogP contribution in [0.3, 0.4) is 0 Å². The molecule has 1 saturated carbocycles. The molecule has 4 rings (SSSR count). The maximum atomic E-state index is 12.7. The molecule has 2 aliphatic carbocycles. The molecule has 2 bridgehead atoms. The second-order valence-corrected chi connectivity index (χ2v) is 7.79. The second-order valence-electron chi connectivity index (χ2n) is 7.79. The molecule has 29 heavy (non-hydrogen) atoms. The van der Waals surface area contributed by atoms with Crippen LogP contribution < -0.4 is 10.6 Å². The van der Waals surface area contributed by atoms with Gasteiger partial charge < -0.3 is 10.6 Å². The highest BCUT2D eigenvalue weighted by atomic mass is 127. The van der Waals surface area contributed by atoms with E-state index in [1.54, 1.807) is 4.68 Å². The minimum atomic E-state index is -0.121. The molecule has 2 fully saturated rings. The molecule has 2 N–H and O–H groups in total. The molecule has 2 heterocycles. The van der Waals surface area contributed by atoms with Gasteiger partial charge in [-0.05, 0) is 37.2 Å². The summed E-state index contributed by atoms with van der Waals surface area (Å²) in [5, 5.41) is 10.6. The van der Waals surface area contributed by atoms with Gasteiger partial charge in [0.2, 0.25) is 11.8 Å². The van der Waals surface area contributed by atoms with Gasteiger partial charge >= 0.3 is 0 Å². The van der Waals surface area contributed by atoms with Crippen molar-refractivity contribution in [3.05, 3.63) is 30.1 Å². The number of nitrogens with one attached hydrogen (secondary N) is 2. The van der Waals surface area contributed by atoms with E-state index < -0.39 is 0 Å². The zero-order valence-electron chi connectivity index (χ0n) is 16.9. The van der Waals surface area contributed by atoms with Crippen molar-refractivity contribution in [3.63, 3.8) is 0 Å². The number of likely N-dealkylation sites (tertiary alicyclic amines) is 1. The van der Waals surface area contributed by atoms with E-state index in [9.17, 15) is 9.59 Å². The molecule has 1 aliphatic heterocycles. The molecule has 158 valence electrons. The fourth-order valence-corrected chi connectivity index (χ4v) is 4.71. The van der Waals surface area contributed by atoms with Crippen molar-refractivity contribution in [1.29, 1.82) is 0 Å². The molecule has 0 radical (unpaired) electrons. The Morgan fingerprint density at radius 1 is 1.21 bits per heavy atom. The maximum absolute atomic E-state index is 12.7. The highest BCUT2D eigenvalue weighted by Gasteiger charge is 2.58. The van der Waals surface area contributed by atoms with E-state index in [1.807, 2.05) is 26.4 Å². The second kappa shape index (κ2) is 9.27. The lowest BCUT2D eigenvalue weighted by Crippen LogP contribution is -2.43. The van der Waals surface area contributed by atoms with E-state index in [0.717, 1.165) is 24.9 Å². The summed E-state index contributed by atoms with van der Waals surface area (Å²) in [6.07, 6.45) is 9.85.